The molecule has 3 rings (SSSR count). The summed E-state index contributed by atoms with van der Waals surface area (Å²) >= 11 is 0. The van der Waals surface area contributed by atoms with Crippen LogP contribution in [0, 0.1) is 0 Å². The summed E-state index contributed by atoms with van der Waals surface area (Å²) in [6, 6.07) is 6.17. The van der Waals surface area contributed by atoms with Gasteiger partial charge in [-0.2, -0.15) is 0 Å². The Morgan fingerprint density at radius 3 is 2.86 bits per heavy atom. The summed E-state index contributed by atoms with van der Waals surface area (Å²) in [6.07, 6.45) is 4.41. The molecule has 4 heteroatoms. The molecule has 21 heavy (non-hydrogen) atoms. The van der Waals surface area contributed by atoms with Crippen molar-refractivity contribution in [3.8, 4) is 0 Å². The van der Waals surface area contributed by atoms with Gasteiger partial charge in [0.05, 0.1) is 25.4 Å². The van der Waals surface area contributed by atoms with Gasteiger partial charge in [0.1, 0.15) is 0 Å². The minimum atomic E-state index is -0.261. The van der Waals surface area contributed by atoms with E-state index in [0.29, 0.717) is 13.2 Å². The van der Waals surface area contributed by atoms with Crippen LogP contribution >= 0.6 is 0 Å². The maximum atomic E-state index is 12.7. The Kier molecular flexibility index (Phi) is 4.27. The quantitative estimate of drug-likeness (QED) is 0.903. The van der Waals surface area contributed by atoms with Crippen LogP contribution in [-0.4, -0.2) is 47.8 Å². The molecule has 1 aromatic rings. The lowest BCUT2D eigenvalue weighted by molar-refractivity contribution is -0.0667. The van der Waals surface area contributed by atoms with Crippen molar-refractivity contribution in [1.29, 1.82) is 0 Å². The second-order valence-corrected chi connectivity index (χ2v) is 6.14. The van der Waals surface area contributed by atoms with Gasteiger partial charge in [0, 0.05) is 12.1 Å². The third kappa shape index (κ3) is 2.97. The van der Waals surface area contributed by atoms with Gasteiger partial charge >= 0.3 is 0 Å². The summed E-state index contributed by atoms with van der Waals surface area (Å²) in [4.78, 5) is 14.6. The van der Waals surface area contributed by atoms with Crippen LogP contribution < -0.4 is 0 Å². The second-order valence-electron chi connectivity index (χ2n) is 6.14. The van der Waals surface area contributed by atoms with E-state index in [4.69, 9.17) is 4.74 Å². The van der Waals surface area contributed by atoms with Gasteiger partial charge in [0.25, 0.3) is 5.91 Å². The molecular formula is C17H23NO3. The molecule has 2 atom stereocenters. The summed E-state index contributed by atoms with van der Waals surface area (Å²) in [5.41, 5.74) is 3.48. The number of aliphatic hydroxyl groups excluding tert-OH is 1. The minimum absolute atomic E-state index is 0.0410. The first kappa shape index (κ1) is 14.5. The molecule has 0 spiro atoms. The Hall–Kier alpha value is -1.39. The number of carbonyl (C=O) groups is 1. The first-order valence-electron chi connectivity index (χ1n) is 7.84. The lowest BCUT2D eigenvalue weighted by Gasteiger charge is -2.37. The van der Waals surface area contributed by atoms with Gasteiger partial charge in [-0.15, -0.1) is 0 Å². The van der Waals surface area contributed by atoms with Crippen LogP contribution in [0.2, 0.25) is 0 Å². The van der Waals surface area contributed by atoms with Crippen LogP contribution in [0.5, 0.6) is 0 Å². The van der Waals surface area contributed by atoms with Gasteiger partial charge in [-0.05, 0) is 55.9 Å². The Morgan fingerprint density at radius 1 is 1.33 bits per heavy atom. The minimum Gasteiger partial charge on any atom is -0.394 e. The number of rotatable bonds is 2. The maximum Gasteiger partial charge on any atom is 0.254 e. The highest BCUT2D eigenvalue weighted by molar-refractivity contribution is 5.94. The maximum absolute atomic E-state index is 12.7. The molecule has 4 nitrogen and oxygen atoms in total. The van der Waals surface area contributed by atoms with Crippen molar-refractivity contribution in [3.05, 3.63) is 34.9 Å². The normalized spacial score (nSPS) is 25.5. The first-order valence-corrected chi connectivity index (χ1v) is 7.84. The molecule has 1 aliphatic carbocycles. The predicted octanol–water partition coefficient (Wildman–Crippen LogP) is 1.79. The molecule has 1 heterocycles. The highest BCUT2D eigenvalue weighted by Crippen LogP contribution is 2.24. The zero-order valence-corrected chi connectivity index (χ0v) is 12.5. The third-order valence-electron chi connectivity index (χ3n) is 4.57. The van der Waals surface area contributed by atoms with Crippen LogP contribution in [-0.2, 0) is 17.6 Å². The smallest absolute Gasteiger partial charge is 0.254 e. The van der Waals surface area contributed by atoms with E-state index in [1.54, 1.807) is 0 Å². The van der Waals surface area contributed by atoms with Crippen LogP contribution in [0.1, 0.15) is 41.3 Å². The zero-order valence-electron chi connectivity index (χ0n) is 12.5. The summed E-state index contributed by atoms with van der Waals surface area (Å²) in [6.45, 7) is 2.90. The highest BCUT2D eigenvalue weighted by atomic mass is 16.5. The monoisotopic (exact) mass is 289 g/mol. The van der Waals surface area contributed by atoms with E-state index >= 15 is 0 Å². The fourth-order valence-corrected chi connectivity index (χ4v) is 3.24. The van der Waals surface area contributed by atoms with Gasteiger partial charge in [-0.3, -0.25) is 4.79 Å². The van der Waals surface area contributed by atoms with Crippen molar-refractivity contribution in [2.75, 3.05) is 19.8 Å². The van der Waals surface area contributed by atoms with Crippen molar-refractivity contribution >= 4 is 5.91 Å². The van der Waals surface area contributed by atoms with Gasteiger partial charge in [0.2, 0.25) is 0 Å². The molecule has 1 aromatic carbocycles. The number of amides is 1. The van der Waals surface area contributed by atoms with Crippen LogP contribution in [0.4, 0.5) is 0 Å². The number of hydrogen-bond donors (Lipinski definition) is 1. The van der Waals surface area contributed by atoms with Gasteiger partial charge in [0.15, 0.2) is 0 Å². The molecule has 0 aromatic heterocycles. The van der Waals surface area contributed by atoms with Crippen LogP contribution in [0.3, 0.4) is 0 Å². The van der Waals surface area contributed by atoms with Gasteiger partial charge in [-0.25, -0.2) is 0 Å². The van der Waals surface area contributed by atoms with Gasteiger partial charge in [-0.1, -0.05) is 6.07 Å². The number of aryl methyl sites for hydroxylation is 2. The molecule has 1 amide bonds. The van der Waals surface area contributed by atoms with E-state index in [9.17, 15) is 9.90 Å². The molecule has 0 bridgehead atoms. The van der Waals surface area contributed by atoms with E-state index < -0.39 is 0 Å². The molecular weight excluding hydrogens is 266 g/mol. The molecule has 0 saturated carbocycles. The van der Waals surface area contributed by atoms with Crippen LogP contribution in [0.25, 0.3) is 0 Å². The standard InChI is InChI=1S/C17H23NO3/c1-12-11-21-16(10-19)9-18(12)17(20)15-7-6-13-4-2-3-5-14(13)8-15/h6-8,12,16,19H,2-5,9-11H2,1H3. The summed E-state index contributed by atoms with van der Waals surface area (Å²) < 4.78 is 5.50. The van der Waals surface area contributed by atoms with E-state index in [0.717, 1.165) is 18.4 Å². The number of fused-ring (bicyclic) bond motifs is 1. The Bertz CT molecular complexity index is 529. The van der Waals surface area contributed by atoms with Crippen molar-refractivity contribution in [3.63, 3.8) is 0 Å². The third-order valence-corrected chi connectivity index (χ3v) is 4.57. The molecule has 114 valence electrons. The number of carbonyl (C=O) groups excluding carboxylic acids is 1. The molecule has 1 aliphatic heterocycles. The lowest BCUT2D eigenvalue weighted by atomic mass is 9.90. The van der Waals surface area contributed by atoms with Crippen molar-refractivity contribution in [2.24, 2.45) is 0 Å². The Morgan fingerprint density at radius 2 is 2.10 bits per heavy atom. The number of morpholine rings is 1. The number of ether oxygens (including phenoxy) is 1. The molecule has 1 N–H and O–H groups in total. The molecule has 2 aliphatic rings. The molecule has 2 unspecified atom stereocenters. The zero-order chi connectivity index (χ0) is 14.8. The average Bonchev–Trinajstić information content (AvgIpc) is 2.54. The number of nitrogens with zero attached hydrogens (tertiary/aromatic N) is 1. The fraction of sp³-hybridized carbons (Fsp3) is 0.588. The van der Waals surface area contributed by atoms with Crippen LogP contribution in [0.15, 0.2) is 18.2 Å². The summed E-state index contributed by atoms with van der Waals surface area (Å²) in [5.74, 6) is 0.0534. The Balaban J connectivity index is 1.80. The fourth-order valence-electron chi connectivity index (χ4n) is 3.24. The number of hydrogen-bond acceptors (Lipinski definition) is 3. The average molecular weight is 289 g/mol. The molecule has 1 fully saturated rings. The first-order chi connectivity index (χ1) is 10.2. The lowest BCUT2D eigenvalue weighted by Crippen LogP contribution is -2.52. The molecule has 1 saturated heterocycles. The van der Waals surface area contributed by atoms with E-state index in [1.165, 1.54) is 24.0 Å². The van der Waals surface area contributed by atoms with E-state index in [-0.39, 0.29) is 24.7 Å². The SMILES string of the molecule is CC1COC(CO)CN1C(=O)c1ccc2c(c1)CCCC2. The number of benzene rings is 1. The van der Waals surface area contributed by atoms with E-state index in [2.05, 4.69) is 12.1 Å². The summed E-state index contributed by atoms with van der Waals surface area (Å²) in [7, 11) is 0. The largest absolute Gasteiger partial charge is 0.394 e. The predicted molar refractivity (Wildman–Crippen MR) is 80.4 cm³/mol. The van der Waals surface area contributed by atoms with Crippen molar-refractivity contribution < 1.29 is 14.6 Å². The highest BCUT2D eigenvalue weighted by Gasteiger charge is 2.30. The van der Waals surface area contributed by atoms with Gasteiger partial charge < -0.3 is 14.7 Å². The summed E-state index contributed by atoms with van der Waals surface area (Å²) in [5, 5.41) is 9.24. The topological polar surface area (TPSA) is 49.8 Å². The molecule has 0 radical (unpaired) electrons. The second kappa shape index (κ2) is 6.16. The van der Waals surface area contributed by atoms with Crippen molar-refractivity contribution in [2.45, 2.75) is 44.8 Å². The van der Waals surface area contributed by atoms with E-state index in [1.807, 2.05) is 17.9 Å². The van der Waals surface area contributed by atoms with Crippen molar-refractivity contribution in [1.82, 2.24) is 4.90 Å². The Labute approximate surface area is 125 Å². The number of aliphatic hydroxyl groups is 1.